The van der Waals surface area contributed by atoms with Gasteiger partial charge in [-0.25, -0.2) is 0 Å². The maximum absolute atomic E-state index is 13.0. The van der Waals surface area contributed by atoms with Crippen molar-refractivity contribution < 1.29 is 14.3 Å². The highest BCUT2D eigenvalue weighted by atomic mass is 35.5. The van der Waals surface area contributed by atoms with Crippen molar-refractivity contribution in [2.75, 3.05) is 32.0 Å². The first kappa shape index (κ1) is 28.7. The van der Waals surface area contributed by atoms with Gasteiger partial charge >= 0.3 is 0 Å². The zero-order valence-corrected chi connectivity index (χ0v) is 24.4. The molecule has 1 aliphatic heterocycles. The second kappa shape index (κ2) is 13.7. The summed E-state index contributed by atoms with van der Waals surface area (Å²) in [5.74, 6) is 2.09. The van der Waals surface area contributed by atoms with Crippen LogP contribution < -0.4 is 4.74 Å². The fourth-order valence-electron chi connectivity index (χ4n) is 4.83. The van der Waals surface area contributed by atoms with Crippen LogP contribution in [-0.2, 0) is 9.59 Å². The molecule has 0 radical (unpaired) electrons. The van der Waals surface area contributed by atoms with Gasteiger partial charge in [0.1, 0.15) is 5.75 Å². The smallest absolute Gasteiger partial charge is 0.260 e. The Hall–Kier alpha value is -3.82. The molecule has 3 aromatic carbocycles. The molecule has 1 aromatic heterocycles. The number of benzene rings is 3. The number of halogens is 1. The van der Waals surface area contributed by atoms with Gasteiger partial charge in [-0.15, -0.1) is 10.2 Å². The Balaban J connectivity index is 1.13. The minimum Gasteiger partial charge on any atom is -0.484 e. The van der Waals surface area contributed by atoms with E-state index in [9.17, 15) is 9.59 Å². The average Bonchev–Trinajstić information content (AvgIpc) is 3.42. The van der Waals surface area contributed by atoms with Crippen LogP contribution in [-0.4, -0.2) is 74.4 Å². The highest BCUT2D eigenvalue weighted by Crippen LogP contribution is 2.32. The summed E-state index contributed by atoms with van der Waals surface area (Å²) in [5.41, 5.74) is 1.76. The molecule has 41 heavy (non-hydrogen) atoms. The predicted molar refractivity (Wildman–Crippen MR) is 161 cm³/mol. The molecule has 2 amide bonds. The van der Waals surface area contributed by atoms with Crippen molar-refractivity contribution in [2.24, 2.45) is 0 Å². The lowest BCUT2D eigenvalue weighted by Gasteiger charge is -2.39. The maximum atomic E-state index is 13.0. The highest BCUT2D eigenvalue weighted by molar-refractivity contribution is 7.99. The van der Waals surface area contributed by atoms with Crippen molar-refractivity contribution in [3.63, 3.8) is 0 Å². The SMILES string of the molecule is CC1CN(C(=O)CCCSc2nnc(-c3ccccc3Cl)n2-c2ccccc2)CCN1C(=O)COc1ccccc1. The zero-order chi connectivity index (χ0) is 28.6. The molecule has 8 nitrogen and oxygen atoms in total. The van der Waals surface area contributed by atoms with E-state index in [0.717, 1.165) is 16.4 Å². The number of carbonyl (C=O) groups is 2. The van der Waals surface area contributed by atoms with E-state index in [2.05, 4.69) is 10.2 Å². The molecule has 1 atom stereocenters. The van der Waals surface area contributed by atoms with Crippen LogP contribution in [0.3, 0.4) is 0 Å². The molecular weight excluding hydrogens is 558 g/mol. The van der Waals surface area contributed by atoms with E-state index in [1.165, 1.54) is 0 Å². The molecule has 1 aliphatic rings. The first-order chi connectivity index (χ1) is 20.0. The summed E-state index contributed by atoms with van der Waals surface area (Å²) in [6.45, 7) is 3.52. The third kappa shape index (κ3) is 7.10. The highest BCUT2D eigenvalue weighted by Gasteiger charge is 2.29. The summed E-state index contributed by atoms with van der Waals surface area (Å²) in [5, 5.41) is 10.3. The second-order valence-electron chi connectivity index (χ2n) is 9.79. The number of carbonyl (C=O) groups excluding carboxylic acids is 2. The van der Waals surface area contributed by atoms with Crippen LogP contribution in [0.1, 0.15) is 19.8 Å². The molecule has 10 heteroatoms. The molecule has 212 valence electrons. The molecule has 0 aliphatic carbocycles. The third-order valence-electron chi connectivity index (χ3n) is 6.93. The number of hydrogen-bond donors (Lipinski definition) is 0. The van der Waals surface area contributed by atoms with E-state index < -0.39 is 0 Å². The van der Waals surface area contributed by atoms with Crippen LogP contribution in [0.2, 0.25) is 5.02 Å². The Labute approximate surface area is 249 Å². The van der Waals surface area contributed by atoms with Gasteiger partial charge < -0.3 is 14.5 Å². The van der Waals surface area contributed by atoms with Crippen molar-refractivity contribution in [3.8, 4) is 22.8 Å². The normalized spacial score (nSPS) is 15.1. The van der Waals surface area contributed by atoms with Crippen LogP contribution in [0.5, 0.6) is 5.75 Å². The lowest BCUT2D eigenvalue weighted by atomic mass is 10.1. The second-order valence-corrected chi connectivity index (χ2v) is 11.3. The molecule has 0 spiro atoms. The molecule has 5 rings (SSSR count). The largest absolute Gasteiger partial charge is 0.484 e. The molecule has 1 unspecified atom stereocenters. The van der Waals surface area contributed by atoms with E-state index in [-0.39, 0.29) is 24.5 Å². The van der Waals surface area contributed by atoms with Gasteiger partial charge in [0.2, 0.25) is 5.91 Å². The number of rotatable bonds is 10. The van der Waals surface area contributed by atoms with Gasteiger partial charge in [0.15, 0.2) is 17.6 Å². The van der Waals surface area contributed by atoms with Gasteiger partial charge in [-0.2, -0.15) is 0 Å². The number of amides is 2. The summed E-state index contributed by atoms with van der Waals surface area (Å²) in [6.07, 6.45) is 1.13. The maximum Gasteiger partial charge on any atom is 0.260 e. The van der Waals surface area contributed by atoms with Crippen molar-refractivity contribution in [1.29, 1.82) is 0 Å². The lowest BCUT2D eigenvalue weighted by molar-refractivity contribution is -0.143. The first-order valence-electron chi connectivity index (χ1n) is 13.6. The first-order valence-corrected chi connectivity index (χ1v) is 15.0. The van der Waals surface area contributed by atoms with E-state index in [4.69, 9.17) is 16.3 Å². The predicted octanol–water partition coefficient (Wildman–Crippen LogP) is 5.60. The van der Waals surface area contributed by atoms with Crippen LogP contribution in [0, 0.1) is 0 Å². The van der Waals surface area contributed by atoms with Crippen molar-refractivity contribution in [1.82, 2.24) is 24.6 Å². The van der Waals surface area contributed by atoms with Crippen LogP contribution in [0.4, 0.5) is 0 Å². The number of piperazine rings is 1. The fourth-order valence-corrected chi connectivity index (χ4v) is 5.95. The number of nitrogens with zero attached hydrogens (tertiary/aromatic N) is 5. The summed E-state index contributed by atoms with van der Waals surface area (Å²) >= 11 is 8.05. The standard InChI is InChI=1S/C31H32ClN5O3S/c1-23-21-35(18-19-36(23)29(39)22-40-25-13-6-3-7-14-25)28(38)17-10-20-41-31-34-33-30(26-15-8-9-16-27(26)32)37(31)24-11-4-2-5-12-24/h2-9,11-16,23H,10,17-22H2,1H3. The van der Waals surface area contributed by atoms with E-state index in [1.807, 2.05) is 101 Å². The summed E-state index contributed by atoms with van der Waals surface area (Å²) in [7, 11) is 0. The van der Waals surface area contributed by atoms with E-state index in [1.54, 1.807) is 16.7 Å². The lowest BCUT2D eigenvalue weighted by Crippen LogP contribution is -2.56. The quantitative estimate of drug-likeness (QED) is 0.177. The molecule has 2 heterocycles. The van der Waals surface area contributed by atoms with Gasteiger partial charge in [0, 0.05) is 49.1 Å². The number of thioether (sulfide) groups is 1. The third-order valence-corrected chi connectivity index (χ3v) is 8.28. The average molecular weight is 590 g/mol. The summed E-state index contributed by atoms with van der Waals surface area (Å²) in [4.78, 5) is 29.4. The number of para-hydroxylation sites is 2. The van der Waals surface area contributed by atoms with Gasteiger partial charge in [-0.3, -0.25) is 14.2 Å². The van der Waals surface area contributed by atoms with Crippen LogP contribution in [0.15, 0.2) is 90.1 Å². The van der Waals surface area contributed by atoms with Crippen LogP contribution in [0.25, 0.3) is 17.1 Å². The molecule has 0 bridgehead atoms. The van der Waals surface area contributed by atoms with Crippen molar-refractivity contribution >= 4 is 35.2 Å². The molecule has 0 N–H and O–H groups in total. The van der Waals surface area contributed by atoms with E-state index >= 15 is 0 Å². The Bertz CT molecular complexity index is 1470. The van der Waals surface area contributed by atoms with Crippen LogP contribution >= 0.6 is 23.4 Å². The molecule has 1 fully saturated rings. The Morgan fingerprint density at radius 1 is 0.927 bits per heavy atom. The zero-order valence-electron chi connectivity index (χ0n) is 22.9. The Morgan fingerprint density at radius 2 is 1.63 bits per heavy atom. The summed E-state index contributed by atoms with van der Waals surface area (Å²) in [6, 6.07) is 26.8. The number of aromatic nitrogens is 3. The van der Waals surface area contributed by atoms with Gasteiger partial charge in [-0.1, -0.05) is 71.9 Å². The van der Waals surface area contributed by atoms with Gasteiger partial charge in [0.05, 0.1) is 5.02 Å². The van der Waals surface area contributed by atoms with Gasteiger partial charge in [-0.05, 0) is 49.7 Å². The van der Waals surface area contributed by atoms with Crippen molar-refractivity contribution in [3.05, 3.63) is 90.0 Å². The molecular formula is C31H32ClN5O3S. The molecule has 1 saturated heterocycles. The minimum absolute atomic E-state index is 0.00862. The van der Waals surface area contributed by atoms with E-state index in [0.29, 0.717) is 54.8 Å². The minimum atomic E-state index is -0.0680. The van der Waals surface area contributed by atoms with Gasteiger partial charge in [0.25, 0.3) is 5.91 Å². The van der Waals surface area contributed by atoms with Crippen molar-refractivity contribution in [2.45, 2.75) is 31.0 Å². The Kier molecular flexibility index (Phi) is 9.59. The molecule has 0 saturated carbocycles. The number of hydrogen-bond acceptors (Lipinski definition) is 6. The number of ether oxygens (including phenoxy) is 1. The Morgan fingerprint density at radius 3 is 2.37 bits per heavy atom. The topological polar surface area (TPSA) is 80.6 Å². The monoisotopic (exact) mass is 589 g/mol. The fraction of sp³-hybridized carbons (Fsp3) is 0.290. The molecule has 4 aromatic rings. The summed E-state index contributed by atoms with van der Waals surface area (Å²) < 4.78 is 7.63.